The molecular formula is C23H30N4O2. The summed E-state index contributed by atoms with van der Waals surface area (Å²) < 4.78 is 0. The van der Waals surface area contributed by atoms with E-state index in [2.05, 4.69) is 29.1 Å². The zero-order valence-corrected chi connectivity index (χ0v) is 17.3. The van der Waals surface area contributed by atoms with E-state index in [0.717, 1.165) is 43.4 Å². The van der Waals surface area contributed by atoms with E-state index in [0.29, 0.717) is 41.7 Å². The number of primary amides is 1. The maximum absolute atomic E-state index is 12.5. The second-order valence-electron chi connectivity index (χ2n) is 8.09. The summed E-state index contributed by atoms with van der Waals surface area (Å²) in [5, 5.41) is 3.20. The molecule has 1 unspecified atom stereocenters. The number of benzene rings is 1. The van der Waals surface area contributed by atoms with E-state index >= 15 is 0 Å². The molecule has 0 radical (unpaired) electrons. The van der Waals surface area contributed by atoms with Crippen LogP contribution < -0.4 is 11.1 Å². The first-order valence-electron chi connectivity index (χ1n) is 10.5. The predicted octanol–water partition coefficient (Wildman–Crippen LogP) is 4.21. The number of hydrogen-bond donors (Lipinski definition) is 2. The average molecular weight is 395 g/mol. The topological polar surface area (TPSA) is 98.0 Å². The molecule has 1 aliphatic carbocycles. The van der Waals surface area contributed by atoms with Crippen LogP contribution in [0, 0.1) is 11.8 Å². The lowest BCUT2D eigenvalue weighted by atomic mass is 9.96. The molecule has 0 aliphatic heterocycles. The Morgan fingerprint density at radius 2 is 2.03 bits per heavy atom. The quantitative estimate of drug-likeness (QED) is 0.664. The molecule has 0 spiro atoms. The normalized spacial score (nSPS) is 15.2. The number of aromatic nitrogens is 2. The summed E-state index contributed by atoms with van der Waals surface area (Å²) in [6.07, 6.45) is 7.98. The monoisotopic (exact) mass is 394 g/mol. The summed E-state index contributed by atoms with van der Waals surface area (Å²) >= 11 is 0. The van der Waals surface area contributed by atoms with E-state index < -0.39 is 5.91 Å². The number of nitrogens with zero attached hydrogens (tertiary/aromatic N) is 2. The molecule has 1 aromatic heterocycles. The van der Waals surface area contributed by atoms with Crippen LogP contribution in [0.4, 0.5) is 11.6 Å². The Kier molecular flexibility index (Phi) is 6.96. The minimum Gasteiger partial charge on any atom is -0.365 e. The molecule has 154 valence electrons. The fraction of sp³-hybridized carbons (Fsp3) is 0.478. The summed E-state index contributed by atoms with van der Waals surface area (Å²) in [6, 6.07) is 7.79. The molecule has 1 aliphatic rings. The largest absolute Gasteiger partial charge is 0.365 e. The highest BCUT2D eigenvalue weighted by Gasteiger charge is 2.22. The van der Waals surface area contributed by atoms with Crippen molar-refractivity contribution >= 4 is 23.3 Å². The van der Waals surface area contributed by atoms with Gasteiger partial charge in [-0.05, 0) is 42.9 Å². The number of anilines is 2. The highest BCUT2D eigenvalue weighted by molar-refractivity contribution is 5.93. The van der Waals surface area contributed by atoms with Gasteiger partial charge in [-0.1, -0.05) is 45.2 Å². The SMILES string of the molecule is CCC(C)Cc1nc(Nc2cccc(CC(=O)C3CCCC3)c2)ncc1C(N)=O. The zero-order valence-electron chi connectivity index (χ0n) is 17.3. The number of ketones is 1. The molecule has 1 fully saturated rings. The molecule has 2 aromatic rings. The lowest BCUT2D eigenvalue weighted by Gasteiger charge is -2.13. The van der Waals surface area contributed by atoms with Crippen LogP contribution in [-0.4, -0.2) is 21.7 Å². The standard InChI is InChI=1S/C23H30N4O2/c1-3-15(2)11-20-19(22(24)29)14-25-23(27-20)26-18-10-6-7-16(12-18)13-21(28)17-8-4-5-9-17/h6-7,10,12,14-15,17H,3-5,8-9,11,13H2,1-2H3,(H2,24,29)(H,25,26,27). The molecule has 1 heterocycles. The van der Waals surface area contributed by atoms with Crippen molar-refractivity contribution in [1.82, 2.24) is 9.97 Å². The van der Waals surface area contributed by atoms with Crippen molar-refractivity contribution < 1.29 is 9.59 Å². The third-order valence-corrected chi connectivity index (χ3v) is 5.74. The molecule has 29 heavy (non-hydrogen) atoms. The van der Waals surface area contributed by atoms with Gasteiger partial charge < -0.3 is 11.1 Å². The summed E-state index contributed by atoms with van der Waals surface area (Å²) in [5.74, 6) is 0.854. The van der Waals surface area contributed by atoms with Crippen LogP contribution in [0.5, 0.6) is 0 Å². The number of nitrogens with two attached hydrogens (primary N) is 1. The van der Waals surface area contributed by atoms with Gasteiger partial charge in [0.25, 0.3) is 5.91 Å². The maximum Gasteiger partial charge on any atom is 0.252 e. The Morgan fingerprint density at radius 1 is 1.28 bits per heavy atom. The molecule has 1 atom stereocenters. The smallest absolute Gasteiger partial charge is 0.252 e. The van der Waals surface area contributed by atoms with Crippen LogP contribution in [0.1, 0.15) is 67.6 Å². The van der Waals surface area contributed by atoms with Crippen LogP contribution in [0.2, 0.25) is 0 Å². The average Bonchev–Trinajstić information content (AvgIpc) is 3.23. The van der Waals surface area contributed by atoms with E-state index in [-0.39, 0.29) is 5.92 Å². The van der Waals surface area contributed by atoms with E-state index in [4.69, 9.17) is 5.73 Å². The highest BCUT2D eigenvalue weighted by atomic mass is 16.1. The summed E-state index contributed by atoms with van der Waals surface area (Å²) in [5.41, 5.74) is 8.32. The van der Waals surface area contributed by atoms with Gasteiger partial charge in [-0.2, -0.15) is 0 Å². The van der Waals surface area contributed by atoms with E-state index in [9.17, 15) is 9.59 Å². The van der Waals surface area contributed by atoms with Crippen molar-refractivity contribution in [2.24, 2.45) is 17.6 Å². The molecule has 6 nitrogen and oxygen atoms in total. The highest BCUT2D eigenvalue weighted by Crippen LogP contribution is 2.27. The first-order valence-corrected chi connectivity index (χ1v) is 10.5. The second kappa shape index (κ2) is 9.63. The maximum atomic E-state index is 12.5. The van der Waals surface area contributed by atoms with Gasteiger partial charge in [0.15, 0.2) is 0 Å². The predicted molar refractivity (Wildman–Crippen MR) is 114 cm³/mol. The van der Waals surface area contributed by atoms with Crippen molar-refractivity contribution in [3.63, 3.8) is 0 Å². The van der Waals surface area contributed by atoms with Crippen molar-refractivity contribution in [2.45, 2.75) is 58.8 Å². The Balaban J connectivity index is 1.74. The fourth-order valence-corrected chi connectivity index (χ4v) is 3.79. The lowest BCUT2D eigenvalue weighted by molar-refractivity contribution is -0.122. The van der Waals surface area contributed by atoms with Gasteiger partial charge in [0.2, 0.25) is 5.95 Å². The Bertz CT molecular complexity index is 875. The molecule has 1 saturated carbocycles. The molecular weight excluding hydrogens is 364 g/mol. The lowest BCUT2D eigenvalue weighted by Crippen LogP contribution is -2.18. The third-order valence-electron chi connectivity index (χ3n) is 5.74. The number of nitrogens with one attached hydrogen (secondary N) is 1. The van der Waals surface area contributed by atoms with Crippen LogP contribution in [-0.2, 0) is 17.6 Å². The zero-order chi connectivity index (χ0) is 20.8. The Labute approximate surface area is 172 Å². The van der Waals surface area contributed by atoms with Gasteiger partial charge in [-0.25, -0.2) is 9.97 Å². The third kappa shape index (κ3) is 5.62. The van der Waals surface area contributed by atoms with E-state index in [1.807, 2.05) is 24.3 Å². The molecule has 3 N–H and O–H groups in total. The summed E-state index contributed by atoms with van der Waals surface area (Å²) in [7, 11) is 0. The van der Waals surface area contributed by atoms with Crippen LogP contribution in [0.25, 0.3) is 0 Å². The van der Waals surface area contributed by atoms with Crippen LogP contribution in [0.15, 0.2) is 30.5 Å². The van der Waals surface area contributed by atoms with E-state index in [1.165, 1.54) is 6.20 Å². The molecule has 0 saturated heterocycles. The number of amides is 1. The van der Waals surface area contributed by atoms with Crippen molar-refractivity contribution in [3.8, 4) is 0 Å². The minimum atomic E-state index is -0.512. The van der Waals surface area contributed by atoms with E-state index in [1.54, 1.807) is 0 Å². The number of carbonyl (C=O) groups is 2. The number of rotatable bonds is 9. The number of carbonyl (C=O) groups excluding carboxylic acids is 2. The van der Waals surface area contributed by atoms with Crippen molar-refractivity contribution in [2.75, 3.05) is 5.32 Å². The van der Waals surface area contributed by atoms with Crippen LogP contribution in [0.3, 0.4) is 0 Å². The Morgan fingerprint density at radius 3 is 2.72 bits per heavy atom. The van der Waals surface area contributed by atoms with Crippen molar-refractivity contribution in [1.29, 1.82) is 0 Å². The van der Waals surface area contributed by atoms with Crippen LogP contribution >= 0.6 is 0 Å². The second-order valence-corrected chi connectivity index (χ2v) is 8.09. The molecule has 6 heteroatoms. The minimum absolute atomic E-state index is 0.222. The van der Waals surface area contributed by atoms with Gasteiger partial charge >= 0.3 is 0 Å². The summed E-state index contributed by atoms with van der Waals surface area (Å²) in [6.45, 7) is 4.22. The first-order chi connectivity index (χ1) is 14.0. The molecule has 0 bridgehead atoms. The van der Waals surface area contributed by atoms with Crippen molar-refractivity contribution in [3.05, 3.63) is 47.3 Å². The number of Topliss-reactive ketones (excluding diaryl/α,β-unsaturated/α-hetero) is 1. The first kappa shape index (κ1) is 21.0. The fourth-order valence-electron chi connectivity index (χ4n) is 3.79. The molecule has 1 amide bonds. The molecule has 1 aromatic carbocycles. The molecule has 3 rings (SSSR count). The Hall–Kier alpha value is -2.76. The van der Waals surface area contributed by atoms with Gasteiger partial charge in [-0.3, -0.25) is 9.59 Å². The van der Waals surface area contributed by atoms with Gasteiger partial charge in [-0.15, -0.1) is 0 Å². The van der Waals surface area contributed by atoms with Gasteiger partial charge in [0.1, 0.15) is 5.78 Å². The van der Waals surface area contributed by atoms with Gasteiger partial charge in [0, 0.05) is 24.2 Å². The summed E-state index contributed by atoms with van der Waals surface area (Å²) in [4.78, 5) is 33.0. The number of hydrogen-bond acceptors (Lipinski definition) is 5. The van der Waals surface area contributed by atoms with Gasteiger partial charge in [0.05, 0.1) is 11.3 Å².